The number of nitrogens with one attached hydrogen (secondary N) is 1. The van der Waals surface area contributed by atoms with Crippen LogP contribution in [-0.2, 0) is 0 Å². The number of carbonyl (C=O) groups is 1. The molecule has 0 unspecified atom stereocenters. The third-order valence-corrected chi connectivity index (χ3v) is 5.13. The van der Waals surface area contributed by atoms with Crippen molar-refractivity contribution in [3.63, 3.8) is 0 Å². The molecule has 0 aliphatic carbocycles. The highest BCUT2D eigenvalue weighted by atomic mass is 16.1. The van der Waals surface area contributed by atoms with Crippen LogP contribution >= 0.6 is 0 Å². The molecule has 1 fully saturated rings. The second-order valence-electron chi connectivity index (χ2n) is 7.19. The topological polar surface area (TPSA) is 87.4 Å². The monoisotopic (exact) mass is 388 g/mol. The molecule has 7 heteroatoms. The summed E-state index contributed by atoms with van der Waals surface area (Å²) in [6, 6.07) is 13.9. The Hall–Kier alpha value is -3.45. The number of rotatable bonds is 5. The minimum absolute atomic E-state index is 0.209. The van der Waals surface area contributed by atoms with Crippen molar-refractivity contribution in [1.29, 1.82) is 0 Å². The molecule has 0 bridgehead atoms. The van der Waals surface area contributed by atoms with Crippen LogP contribution in [-0.4, -0.2) is 54.0 Å². The molecule has 0 saturated carbocycles. The second kappa shape index (κ2) is 8.28. The average molecular weight is 388 g/mol. The molecule has 3 heterocycles. The number of benzene rings is 1. The number of hydrogen-bond donors (Lipinski definition) is 2. The fourth-order valence-electron chi connectivity index (χ4n) is 3.42. The number of piperazine rings is 1. The zero-order chi connectivity index (χ0) is 20.2. The highest BCUT2D eigenvalue weighted by molar-refractivity contribution is 5.98. The lowest BCUT2D eigenvalue weighted by Gasteiger charge is -2.34. The predicted molar refractivity (Wildman–Crippen MR) is 115 cm³/mol. The highest BCUT2D eigenvalue weighted by Crippen LogP contribution is 2.27. The van der Waals surface area contributed by atoms with E-state index in [9.17, 15) is 4.79 Å². The smallest absolute Gasteiger partial charge is 0.269 e. The number of carbonyl (C=O) groups excluding carboxylic acids is 1. The van der Waals surface area contributed by atoms with Gasteiger partial charge in [0.05, 0.1) is 5.69 Å². The average Bonchev–Trinajstić information content (AvgIpc) is 2.75. The molecule has 1 aliphatic heterocycles. The molecule has 0 atom stereocenters. The van der Waals surface area contributed by atoms with Crippen molar-refractivity contribution in [1.82, 2.24) is 14.9 Å². The Balaban J connectivity index is 1.57. The third kappa shape index (κ3) is 4.35. The van der Waals surface area contributed by atoms with Gasteiger partial charge < -0.3 is 20.9 Å². The van der Waals surface area contributed by atoms with Gasteiger partial charge in [0.25, 0.3) is 5.91 Å². The molecule has 1 saturated heterocycles. The molecule has 0 radical (unpaired) electrons. The van der Waals surface area contributed by atoms with Crippen molar-refractivity contribution >= 4 is 23.0 Å². The molecule has 1 amide bonds. The van der Waals surface area contributed by atoms with Gasteiger partial charge in [0.2, 0.25) is 0 Å². The summed E-state index contributed by atoms with van der Waals surface area (Å²) < 4.78 is 0. The maximum absolute atomic E-state index is 11.8. The lowest BCUT2D eigenvalue weighted by Crippen LogP contribution is -2.44. The van der Waals surface area contributed by atoms with E-state index < -0.39 is 5.91 Å². The molecule has 7 nitrogen and oxygen atoms in total. The number of hydrogen-bond acceptors (Lipinski definition) is 6. The van der Waals surface area contributed by atoms with E-state index >= 15 is 0 Å². The van der Waals surface area contributed by atoms with Crippen molar-refractivity contribution in [3.05, 3.63) is 66.7 Å². The number of nitrogens with two attached hydrogens (primary N) is 1. The van der Waals surface area contributed by atoms with E-state index in [0.717, 1.165) is 43.0 Å². The summed E-state index contributed by atoms with van der Waals surface area (Å²) in [6.07, 6.45) is 5.12. The number of amides is 1. The highest BCUT2D eigenvalue weighted by Gasteiger charge is 2.15. The Kier molecular flexibility index (Phi) is 5.39. The summed E-state index contributed by atoms with van der Waals surface area (Å²) in [5.41, 5.74) is 10.2. The fraction of sp³-hybridized carbons (Fsp3) is 0.227. The first-order chi connectivity index (χ1) is 14.1. The zero-order valence-corrected chi connectivity index (χ0v) is 16.4. The maximum Gasteiger partial charge on any atom is 0.269 e. The van der Waals surface area contributed by atoms with Gasteiger partial charge in [0.1, 0.15) is 0 Å². The van der Waals surface area contributed by atoms with E-state index in [1.54, 1.807) is 18.6 Å². The molecule has 2 aromatic heterocycles. The first-order valence-electron chi connectivity index (χ1n) is 9.61. The van der Waals surface area contributed by atoms with Crippen LogP contribution in [0.25, 0.3) is 11.1 Å². The summed E-state index contributed by atoms with van der Waals surface area (Å²) >= 11 is 0. The summed E-state index contributed by atoms with van der Waals surface area (Å²) in [5, 5.41) is 3.29. The van der Waals surface area contributed by atoms with Gasteiger partial charge in [-0.05, 0) is 43.4 Å². The van der Waals surface area contributed by atoms with E-state index in [2.05, 4.69) is 44.3 Å². The van der Waals surface area contributed by atoms with Gasteiger partial charge in [-0.15, -0.1) is 0 Å². The Morgan fingerprint density at radius 3 is 2.45 bits per heavy atom. The number of aromatic nitrogens is 2. The molecule has 148 valence electrons. The molecular formula is C22H24N6O. The Bertz CT molecular complexity index is 982. The molecule has 1 aliphatic rings. The molecule has 1 aromatic carbocycles. The lowest BCUT2D eigenvalue weighted by atomic mass is 10.1. The van der Waals surface area contributed by atoms with Gasteiger partial charge in [-0.1, -0.05) is 6.07 Å². The van der Waals surface area contributed by atoms with E-state index in [4.69, 9.17) is 5.73 Å². The molecular weight excluding hydrogens is 364 g/mol. The first-order valence-corrected chi connectivity index (χ1v) is 9.61. The molecule has 3 aromatic rings. The molecule has 4 rings (SSSR count). The van der Waals surface area contributed by atoms with E-state index in [1.165, 1.54) is 5.69 Å². The Morgan fingerprint density at radius 1 is 1.03 bits per heavy atom. The summed E-state index contributed by atoms with van der Waals surface area (Å²) in [6.45, 7) is 4.17. The normalized spacial score (nSPS) is 14.6. The number of primary amides is 1. The standard InChI is InChI=1S/C22H24N6O/c1-27-9-11-28(12-10-27)19-6-4-18(5-7-19)26-20-13-17(15-25-21(20)22(23)29)16-3-2-8-24-14-16/h2-8,13-15,26H,9-12H2,1H3,(H2,23,29). The lowest BCUT2D eigenvalue weighted by molar-refractivity contribution is 0.0996. The minimum Gasteiger partial charge on any atom is -0.369 e. The van der Waals surface area contributed by atoms with Crippen LogP contribution < -0.4 is 16.0 Å². The van der Waals surface area contributed by atoms with Gasteiger partial charge >= 0.3 is 0 Å². The van der Waals surface area contributed by atoms with Crippen LogP contribution in [0.1, 0.15) is 10.5 Å². The van der Waals surface area contributed by atoms with Crippen molar-refractivity contribution in [3.8, 4) is 11.1 Å². The van der Waals surface area contributed by atoms with Crippen LogP contribution in [0.5, 0.6) is 0 Å². The molecule has 3 N–H and O–H groups in total. The number of likely N-dealkylation sites (N-methyl/N-ethyl adjacent to an activating group) is 1. The first kappa shape index (κ1) is 18.9. The molecule has 0 spiro atoms. The number of pyridine rings is 2. The van der Waals surface area contributed by atoms with Gasteiger partial charge in [0.15, 0.2) is 5.69 Å². The predicted octanol–water partition coefficient (Wildman–Crippen LogP) is 2.74. The second-order valence-corrected chi connectivity index (χ2v) is 7.19. The minimum atomic E-state index is -0.570. The van der Waals surface area contributed by atoms with Crippen molar-refractivity contribution in [2.75, 3.05) is 43.4 Å². The van der Waals surface area contributed by atoms with Crippen molar-refractivity contribution in [2.24, 2.45) is 5.73 Å². The van der Waals surface area contributed by atoms with Crippen LogP contribution in [0, 0.1) is 0 Å². The van der Waals surface area contributed by atoms with Crippen LogP contribution in [0.3, 0.4) is 0 Å². The third-order valence-electron chi connectivity index (χ3n) is 5.13. The summed E-state index contributed by atoms with van der Waals surface area (Å²) in [7, 11) is 2.15. The zero-order valence-electron chi connectivity index (χ0n) is 16.4. The van der Waals surface area contributed by atoms with Gasteiger partial charge in [-0.2, -0.15) is 0 Å². The molecule has 29 heavy (non-hydrogen) atoms. The van der Waals surface area contributed by atoms with E-state index in [0.29, 0.717) is 5.69 Å². The van der Waals surface area contributed by atoms with Gasteiger partial charge in [0, 0.05) is 67.3 Å². The van der Waals surface area contributed by atoms with E-state index in [-0.39, 0.29) is 5.69 Å². The van der Waals surface area contributed by atoms with Crippen LogP contribution in [0.2, 0.25) is 0 Å². The quantitative estimate of drug-likeness (QED) is 0.699. The number of nitrogens with zero attached hydrogens (tertiary/aromatic N) is 4. The maximum atomic E-state index is 11.8. The largest absolute Gasteiger partial charge is 0.369 e. The van der Waals surface area contributed by atoms with Crippen LogP contribution in [0.15, 0.2) is 61.1 Å². The van der Waals surface area contributed by atoms with Crippen LogP contribution in [0.4, 0.5) is 17.1 Å². The van der Waals surface area contributed by atoms with E-state index in [1.807, 2.05) is 30.3 Å². The fourth-order valence-corrected chi connectivity index (χ4v) is 3.42. The SMILES string of the molecule is CN1CCN(c2ccc(Nc3cc(-c4cccnc4)cnc3C(N)=O)cc2)CC1. The summed E-state index contributed by atoms with van der Waals surface area (Å²) in [5.74, 6) is -0.570. The van der Waals surface area contributed by atoms with Gasteiger partial charge in [-0.3, -0.25) is 9.78 Å². The summed E-state index contributed by atoms with van der Waals surface area (Å²) in [4.78, 5) is 25.0. The Morgan fingerprint density at radius 2 is 1.79 bits per heavy atom. The van der Waals surface area contributed by atoms with Gasteiger partial charge in [-0.25, -0.2) is 4.98 Å². The van der Waals surface area contributed by atoms with Crippen molar-refractivity contribution in [2.45, 2.75) is 0 Å². The Labute approximate surface area is 170 Å². The number of anilines is 3. The van der Waals surface area contributed by atoms with Crippen molar-refractivity contribution < 1.29 is 4.79 Å².